The molecule has 1 aliphatic rings. The molecule has 1 aromatic rings. The van der Waals surface area contributed by atoms with Crippen molar-refractivity contribution in [3.05, 3.63) is 16.4 Å². The maximum atomic E-state index is 11.5. The second kappa shape index (κ2) is 5.54. The van der Waals surface area contributed by atoms with Crippen LogP contribution in [0.25, 0.3) is 0 Å². The fourth-order valence-corrected chi connectivity index (χ4v) is 5.09. The molecule has 19 heavy (non-hydrogen) atoms. The van der Waals surface area contributed by atoms with Crippen molar-refractivity contribution >= 4 is 25.8 Å². The van der Waals surface area contributed by atoms with Crippen molar-refractivity contribution in [1.29, 1.82) is 0 Å². The molecule has 7 heteroatoms. The smallest absolute Gasteiger partial charge is 0.150 e. The average molecular weight is 350 g/mol. The molecule has 1 aromatic heterocycles. The predicted octanol–water partition coefficient (Wildman–Crippen LogP) is 2.05. The molecular weight excluding hydrogens is 330 g/mol. The highest BCUT2D eigenvalue weighted by molar-refractivity contribution is 9.10. The number of hydrogen-bond donors (Lipinski definition) is 1. The molecule has 0 saturated carbocycles. The Morgan fingerprint density at radius 3 is 2.79 bits per heavy atom. The molecule has 2 N–H and O–H groups in total. The molecule has 2 unspecified atom stereocenters. The molecule has 0 aliphatic carbocycles. The van der Waals surface area contributed by atoms with Crippen LogP contribution < -0.4 is 5.73 Å². The van der Waals surface area contributed by atoms with Crippen molar-refractivity contribution in [3.8, 4) is 0 Å². The van der Waals surface area contributed by atoms with E-state index in [4.69, 9.17) is 5.73 Å². The van der Waals surface area contributed by atoms with Gasteiger partial charge in [0.05, 0.1) is 27.9 Å². The van der Waals surface area contributed by atoms with Gasteiger partial charge in [0, 0.05) is 12.1 Å². The van der Waals surface area contributed by atoms with E-state index in [0.29, 0.717) is 12.2 Å². The minimum atomic E-state index is -2.84. The molecule has 108 valence electrons. The molecule has 2 atom stereocenters. The van der Waals surface area contributed by atoms with E-state index >= 15 is 0 Å². The van der Waals surface area contributed by atoms with Gasteiger partial charge >= 0.3 is 0 Å². The van der Waals surface area contributed by atoms with Crippen LogP contribution in [0.1, 0.15) is 44.5 Å². The van der Waals surface area contributed by atoms with Crippen LogP contribution in [0.5, 0.6) is 0 Å². The van der Waals surface area contributed by atoms with Crippen LogP contribution in [0.4, 0.5) is 0 Å². The highest BCUT2D eigenvalue weighted by atomic mass is 79.9. The molecular formula is C12H20BrN3O2S. The number of aromatic nitrogens is 2. The summed E-state index contributed by atoms with van der Waals surface area (Å²) in [5.74, 6) is 0.741. The molecule has 0 spiro atoms. The normalized spacial score (nSPS) is 23.9. The maximum Gasteiger partial charge on any atom is 0.150 e. The van der Waals surface area contributed by atoms with Gasteiger partial charge in [-0.15, -0.1) is 0 Å². The first-order valence-electron chi connectivity index (χ1n) is 6.49. The summed E-state index contributed by atoms with van der Waals surface area (Å²) >= 11 is 3.48. The summed E-state index contributed by atoms with van der Waals surface area (Å²) in [6.45, 7) is 4.10. The minimum Gasteiger partial charge on any atom is -0.323 e. The third kappa shape index (κ3) is 3.38. The zero-order valence-corrected chi connectivity index (χ0v) is 13.6. The van der Waals surface area contributed by atoms with Gasteiger partial charge in [-0.3, -0.25) is 4.68 Å². The van der Waals surface area contributed by atoms with Crippen molar-refractivity contribution in [2.24, 2.45) is 11.7 Å². The van der Waals surface area contributed by atoms with E-state index in [-0.39, 0.29) is 23.8 Å². The first-order valence-corrected chi connectivity index (χ1v) is 9.10. The van der Waals surface area contributed by atoms with Gasteiger partial charge in [-0.1, -0.05) is 0 Å². The number of rotatable bonds is 4. The fraction of sp³-hybridized carbons (Fsp3) is 0.750. The molecule has 5 nitrogen and oxygen atoms in total. The standard InChI is InChI=1S/C12H20BrN3O2S/c1-8(2)16-12(10(13)6-15-16)11(14)5-9-3-4-19(17,18)7-9/h6,8-9,11H,3-5,7,14H2,1-2H3. The lowest BCUT2D eigenvalue weighted by molar-refractivity contribution is 0.431. The van der Waals surface area contributed by atoms with Crippen molar-refractivity contribution in [1.82, 2.24) is 9.78 Å². The van der Waals surface area contributed by atoms with Crippen LogP contribution in [0.15, 0.2) is 10.7 Å². The summed E-state index contributed by atoms with van der Waals surface area (Å²) in [6.07, 6.45) is 3.17. The van der Waals surface area contributed by atoms with Gasteiger partial charge in [-0.05, 0) is 48.5 Å². The van der Waals surface area contributed by atoms with Gasteiger partial charge in [-0.2, -0.15) is 5.10 Å². The Labute approximate surface area is 122 Å². The molecule has 0 aromatic carbocycles. The number of nitrogens with two attached hydrogens (primary N) is 1. The van der Waals surface area contributed by atoms with E-state index in [9.17, 15) is 8.42 Å². The Kier molecular flexibility index (Phi) is 4.37. The van der Waals surface area contributed by atoms with Crippen LogP contribution in [0, 0.1) is 5.92 Å². The lowest BCUT2D eigenvalue weighted by Crippen LogP contribution is -2.21. The summed E-state index contributed by atoms with van der Waals surface area (Å²) in [7, 11) is -2.84. The van der Waals surface area contributed by atoms with E-state index in [2.05, 4.69) is 34.9 Å². The fourth-order valence-electron chi connectivity index (χ4n) is 2.64. The van der Waals surface area contributed by atoms with E-state index < -0.39 is 9.84 Å². The summed E-state index contributed by atoms with van der Waals surface area (Å²) in [4.78, 5) is 0. The number of nitrogens with zero attached hydrogens (tertiary/aromatic N) is 2. The van der Waals surface area contributed by atoms with Gasteiger partial charge in [0.1, 0.15) is 0 Å². The lowest BCUT2D eigenvalue weighted by Gasteiger charge is -2.19. The molecule has 2 heterocycles. The van der Waals surface area contributed by atoms with Crippen molar-refractivity contribution in [3.63, 3.8) is 0 Å². The van der Waals surface area contributed by atoms with Gasteiger partial charge in [0.15, 0.2) is 9.84 Å². The van der Waals surface area contributed by atoms with Crippen molar-refractivity contribution < 1.29 is 8.42 Å². The second-order valence-corrected chi connectivity index (χ2v) is 8.61. The van der Waals surface area contributed by atoms with Gasteiger partial charge < -0.3 is 5.73 Å². The highest BCUT2D eigenvalue weighted by Gasteiger charge is 2.30. The Morgan fingerprint density at radius 2 is 2.26 bits per heavy atom. The van der Waals surface area contributed by atoms with Gasteiger partial charge in [0.2, 0.25) is 0 Å². The third-order valence-corrected chi connectivity index (χ3v) is 5.99. The van der Waals surface area contributed by atoms with Crippen LogP contribution in [-0.4, -0.2) is 29.7 Å². The Hall–Kier alpha value is -0.400. The van der Waals surface area contributed by atoms with E-state index in [1.165, 1.54) is 0 Å². The van der Waals surface area contributed by atoms with E-state index in [0.717, 1.165) is 16.6 Å². The average Bonchev–Trinajstić information content (AvgIpc) is 2.81. The number of hydrogen-bond acceptors (Lipinski definition) is 4. The SMILES string of the molecule is CC(C)n1ncc(Br)c1C(N)CC1CCS(=O)(=O)C1. The molecule has 0 amide bonds. The maximum absolute atomic E-state index is 11.5. The Morgan fingerprint density at radius 1 is 1.58 bits per heavy atom. The molecule has 0 bridgehead atoms. The predicted molar refractivity (Wildman–Crippen MR) is 78.6 cm³/mol. The topological polar surface area (TPSA) is 78.0 Å². The third-order valence-electron chi connectivity index (χ3n) is 3.54. The second-order valence-electron chi connectivity index (χ2n) is 5.53. The van der Waals surface area contributed by atoms with E-state index in [1.807, 2.05) is 4.68 Å². The monoisotopic (exact) mass is 349 g/mol. The van der Waals surface area contributed by atoms with Crippen LogP contribution in [0.3, 0.4) is 0 Å². The summed E-state index contributed by atoms with van der Waals surface area (Å²) < 4.78 is 25.8. The molecule has 2 rings (SSSR count). The number of halogens is 1. The summed E-state index contributed by atoms with van der Waals surface area (Å²) in [5.41, 5.74) is 7.22. The van der Waals surface area contributed by atoms with Crippen molar-refractivity contribution in [2.45, 2.75) is 38.8 Å². The first kappa shape index (κ1) is 15.0. The van der Waals surface area contributed by atoms with Gasteiger partial charge in [0.25, 0.3) is 0 Å². The quantitative estimate of drug-likeness (QED) is 0.902. The first-order chi connectivity index (χ1) is 8.80. The summed E-state index contributed by atoms with van der Waals surface area (Å²) in [6, 6.07) is 0.0530. The molecule has 1 saturated heterocycles. The largest absolute Gasteiger partial charge is 0.323 e. The van der Waals surface area contributed by atoms with Crippen molar-refractivity contribution in [2.75, 3.05) is 11.5 Å². The lowest BCUT2D eigenvalue weighted by atomic mass is 9.98. The van der Waals surface area contributed by atoms with Crippen LogP contribution in [-0.2, 0) is 9.84 Å². The molecule has 0 radical (unpaired) electrons. The zero-order chi connectivity index (χ0) is 14.2. The van der Waals surface area contributed by atoms with Crippen LogP contribution in [0.2, 0.25) is 0 Å². The van der Waals surface area contributed by atoms with Crippen LogP contribution >= 0.6 is 15.9 Å². The Balaban J connectivity index is 2.12. The minimum absolute atomic E-state index is 0.169. The number of sulfone groups is 1. The zero-order valence-electron chi connectivity index (χ0n) is 11.2. The highest BCUT2D eigenvalue weighted by Crippen LogP contribution is 2.31. The summed E-state index contributed by atoms with van der Waals surface area (Å²) in [5, 5.41) is 4.31. The molecule has 1 aliphatic heterocycles. The van der Waals surface area contributed by atoms with E-state index in [1.54, 1.807) is 6.20 Å². The Bertz CT molecular complexity index is 553. The molecule has 1 fully saturated rings. The van der Waals surface area contributed by atoms with Gasteiger partial charge in [-0.25, -0.2) is 8.42 Å².